The van der Waals surface area contributed by atoms with Gasteiger partial charge in [-0.05, 0) is 81.6 Å². The van der Waals surface area contributed by atoms with Crippen molar-refractivity contribution in [2.24, 2.45) is 5.73 Å². The number of nitrogens with two attached hydrogens (primary N) is 1. The third kappa shape index (κ3) is 5.33. The van der Waals surface area contributed by atoms with E-state index in [1.54, 1.807) is 6.20 Å². The molecule has 8 heteroatoms. The highest BCUT2D eigenvalue weighted by atomic mass is 16.5. The first kappa shape index (κ1) is 23.1. The molecular formula is C26H36N6O2. The van der Waals surface area contributed by atoms with Crippen LogP contribution < -0.4 is 16.0 Å². The van der Waals surface area contributed by atoms with Gasteiger partial charge in [-0.25, -0.2) is 9.97 Å². The Morgan fingerprint density at radius 3 is 2.35 bits per heavy atom. The second-order valence-corrected chi connectivity index (χ2v) is 9.74. The Hall–Kier alpha value is -2.71. The van der Waals surface area contributed by atoms with Crippen LogP contribution in [-0.2, 0) is 4.74 Å². The lowest BCUT2D eigenvalue weighted by Gasteiger charge is -2.39. The highest BCUT2D eigenvalue weighted by Crippen LogP contribution is 2.32. The molecule has 3 aliphatic heterocycles. The van der Waals surface area contributed by atoms with Crippen molar-refractivity contribution in [2.45, 2.75) is 56.9 Å². The van der Waals surface area contributed by atoms with E-state index in [0.717, 1.165) is 63.7 Å². The van der Waals surface area contributed by atoms with Crippen LogP contribution in [0.15, 0.2) is 30.5 Å². The summed E-state index contributed by atoms with van der Waals surface area (Å²) < 4.78 is 5.52. The van der Waals surface area contributed by atoms with Gasteiger partial charge in [0.25, 0.3) is 5.91 Å². The van der Waals surface area contributed by atoms with Crippen molar-refractivity contribution < 1.29 is 9.53 Å². The largest absolute Gasteiger partial charge is 0.381 e. The second kappa shape index (κ2) is 10.7. The van der Waals surface area contributed by atoms with Crippen LogP contribution in [0.5, 0.6) is 0 Å². The maximum atomic E-state index is 12.0. The van der Waals surface area contributed by atoms with Crippen LogP contribution in [0.3, 0.4) is 0 Å². The van der Waals surface area contributed by atoms with E-state index >= 15 is 0 Å². The van der Waals surface area contributed by atoms with Crippen molar-refractivity contribution in [2.75, 3.05) is 49.6 Å². The molecule has 3 fully saturated rings. The first-order chi connectivity index (χ1) is 16.7. The Kier molecular flexibility index (Phi) is 7.25. The summed E-state index contributed by atoms with van der Waals surface area (Å²) in [6, 6.07) is 9.23. The lowest BCUT2D eigenvalue weighted by molar-refractivity contribution is 0.0252. The summed E-state index contributed by atoms with van der Waals surface area (Å²) in [6.07, 6.45) is 9.93. The maximum Gasteiger partial charge on any atom is 0.271 e. The standard InChI is InChI=1S/C26H36N6O2/c27-25(33)24-26(30-23(18-28-24)32-12-2-1-3-13-32)29-21-6-4-19(5-7-21)20-8-14-31(15-9-20)22-10-16-34-17-11-22/h4-7,18,20,22H,1-3,8-17H2,(H2,27,33)(H,29,30). The molecule has 0 radical (unpaired) electrons. The molecule has 0 atom stereocenters. The topological polar surface area (TPSA) is 96.6 Å². The van der Waals surface area contributed by atoms with Crippen molar-refractivity contribution in [3.05, 3.63) is 41.7 Å². The van der Waals surface area contributed by atoms with Gasteiger partial charge in [0, 0.05) is 38.0 Å². The molecule has 0 bridgehead atoms. The minimum atomic E-state index is -0.576. The zero-order valence-corrected chi connectivity index (χ0v) is 19.9. The van der Waals surface area contributed by atoms with Gasteiger partial charge in [0.2, 0.25) is 0 Å². The number of likely N-dealkylation sites (tertiary alicyclic amines) is 1. The van der Waals surface area contributed by atoms with Gasteiger partial charge in [-0.3, -0.25) is 4.79 Å². The molecule has 5 rings (SSSR count). The Bertz CT molecular complexity index is 962. The van der Waals surface area contributed by atoms with E-state index in [4.69, 9.17) is 15.5 Å². The third-order valence-corrected chi connectivity index (χ3v) is 7.55. The highest BCUT2D eigenvalue weighted by Gasteiger charge is 2.27. The summed E-state index contributed by atoms with van der Waals surface area (Å²) in [6.45, 7) is 6.06. The smallest absolute Gasteiger partial charge is 0.271 e. The molecule has 34 heavy (non-hydrogen) atoms. The average Bonchev–Trinajstić information content (AvgIpc) is 2.90. The molecule has 0 saturated carbocycles. The molecule has 0 spiro atoms. The molecule has 1 aromatic carbocycles. The Balaban J connectivity index is 1.24. The van der Waals surface area contributed by atoms with Crippen molar-refractivity contribution in [3.63, 3.8) is 0 Å². The van der Waals surface area contributed by atoms with Gasteiger partial charge in [0.05, 0.1) is 6.20 Å². The molecule has 0 aliphatic carbocycles. The predicted molar refractivity (Wildman–Crippen MR) is 134 cm³/mol. The van der Waals surface area contributed by atoms with Gasteiger partial charge in [-0.15, -0.1) is 0 Å². The van der Waals surface area contributed by atoms with E-state index < -0.39 is 5.91 Å². The molecule has 2 aromatic rings. The fraction of sp³-hybridized carbons (Fsp3) is 0.577. The minimum absolute atomic E-state index is 0.172. The number of nitrogens with one attached hydrogen (secondary N) is 1. The Labute approximate surface area is 201 Å². The predicted octanol–water partition coefficient (Wildman–Crippen LogP) is 3.67. The van der Waals surface area contributed by atoms with E-state index in [0.29, 0.717) is 17.8 Å². The summed E-state index contributed by atoms with van der Waals surface area (Å²) in [7, 11) is 0. The van der Waals surface area contributed by atoms with Crippen LogP contribution in [0.1, 0.15) is 66.9 Å². The van der Waals surface area contributed by atoms with Crippen LogP contribution in [0.25, 0.3) is 0 Å². The summed E-state index contributed by atoms with van der Waals surface area (Å²) in [4.78, 5) is 25.9. The van der Waals surface area contributed by atoms with Gasteiger partial charge in [0.15, 0.2) is 11.5 Å². The first-order valence-corrected chi connectivity index (χ1v) is 12.8. The number of carbonyl (C=O) groups is 1. The Morgan fingerprint density at radius 2 is 1.68 bits per heavy atom. The quantitative estimate of drug-likeness (QED) is 0.673. The van der Waals surface area contributed by atoms with E-state index in [-0.39, 0.29) is 5.69 Å². The minimum Gasteiger partial charge on any atom is -0.381 e. The number of anilines is 3. The molecular weight excluding hydrogens is 428 g/mol. The van der Waals surface area contributed by atoms with Crippen molar-refractivity contribution in [1.82, 2.24) is 14.9 Å². The number of piperidine rings is 2. The molecule has 3 aliphatic rings. The van der Waals surface area contributed by atoms with E-state index in [2.05, 4.69) is 44.4 Å². The molecule has 182 valence electrons. The number of benzene rings is 1. The van der Waals surface area contributed by atoms with Crippen molar-refractivity contribution in [3.8, 4) is 0 Å². The molecule has 0 unspecified atom stereocenters. The van der Waals surface area contributed by atoms with Crippen LogP contribution in [0.4, 0.5) is 17.3 Å². The van der Waals surface area contributed by atoms with E-state index in [9.17, 15) is 4.79 Å². The molecule has 8 nitrogen and oxygen atoms in total. The van der Waals surface area contributed by atoms with Crippen molar-refractivity contribution in [1.29, 1.82) is 0 Å². The summed E-state index contributed by atoms with van der Waals surface area (Å²) >= 11 is 0. The lowest BCUT2D eigenvalue weighted by Crippen LogP contribution is -2.43. The van der Waals surface area contributed by atoms with E-state index in [1.807, 2.05) is 0 Å². The summed E-state index contributed by atoms with van der Waals surface area (Å²) in [5, 5.41) is 3.29. The zero-order chi connectivity index (χ0) is 23.3. The summed E-state index contributed by atoms with van der Waals surface area (Å²) in [5.74, 6) is 1.23. The number of ether oxygens (including phenoxy) is 1. The first-order valence-electron chi connectivity index (χ1n) is 12.8. The van der Waals surface area contributed by atoms with Crippen molar-refractivity contribution >= 4 is 23.2 Å². The molecule has 4 heterocycles. The maximum absolute atomic E-state index is 12.0. The van der Waals surface area contributed by atoms with Crippen LogP contribution in [0, 0.1) is 0 Å². The van der Waals surface area contributed by atoms with Gasteiger partial charge in [0.1, 0.15) is 5.82 Å². The second-order valence-electron chi connectivity index (χ2n) is 9.74. The number of primary amides is 1. The third-order valence-electron chi connectivity index (χ3n) is 7.55. The number of aromatic nitrogens is 2. The van der Waals surface area contributed by atoms with Crippen LogP contribution in [0.2, 0.25) is 0 Å². The number of rotatable bonds is 6. The van der Waals surface area contributed by atoms with Crippen LogP contribution in [-0.4, -0.2) is 66.2 Å². The van der Waals surface area contributed by atoms with Crippen LogP contribution >= 0.6 is 0 Å². The molecule has 3 N–H and O–H groups in total. The normalized spacial score (nSPS) is 20.9. The highest BCUT2D eigenvalue weighted by molar-refractivity contribution is 5.96. The lowest BCUT2D eigenvalue weighted by atomic mass is 9.88. The summed E-state index contributed by atoms with van der Waals surface area (Å²) in [5.41, 5.74) is 8.01. The SMILES string of the molecule is NC(=O)c1ncc(N2CCCCC2)nc1Nc1ccc(C2CCN(C3CCOCC3)CC2)cc1. The van der Waals surface area contributed by atoms with Gasteiger partial charge >= 0.3 is 0 Å². The fourth-order valence-electron chi connectivity index (χ4n) is 5.55. The fourth-order valence-corrected chi connectivity index (χ4v) is 5.55. The molecule has 3 saturated heterocycles. The molecule has 1 amide bonds. The number of nitrogens with zero attached hydrogens (tertiary/aromatic N) is 4. The average molecular weight is 465 g/mol. The van der Waals surface area contributed by atoms with Gasteiger partial charge in [-0.2, -0.15) is 0 Å². The molecule has 1 aromatic heterocycles. The zero-order valence-electron chi connectivity index (χ0n) is 19.9. The van der Waals surface area contributed by atoms with Gasteiger partial charge < -0.3 is 25.6 Å². The van der Waals surface area contributed by atoms with E-state index in [1.165, 1.54) is 37.7 Å². The number of hydrogen-bond donors (Lipinski definition) is 2. The number of hydrogen-bond acceptors (Lipinski definition) is 7. The monoisotopic (exact) mass is 464 g/mol. The van der Waals surface area contributed by atoms with Gasteiger partial charge in [-0.1, -0.05) is 12.1 Å². The number of carbonyl (C=O) groups excluding carboxylic acids is 1. The Morgan fingerprint density at radius 1 is 0.971 bits per heavy atom. The number of amides is 1.